The van der Waals surface area contributed by atoms with Gasteiger partial charge in [0.1, 0.15) is 0 Å². The number of fused-ring (bicyclic) bond motifs is 2. The summed E-state index contributed by atoms with van der Waals surface area (Å²) in [6.45, 7) is 0.512. The Morgan fingerprint density at radius 2 is 1.92 bits per heavy atom. The Bertz CT molecular complexity index is 1160. The Hall–Kier alpha value is -3.68. The highest BCUT2D eigenvalue weighted by molar-refractivity contribution is 5.99. The first-order chi connectivity index (χ1) is 12.1. The van der Waals surface area contributed by atoms with Gasteiger partial charge in [0.05, 0.1) is 21.3 Å². The van der Waals surface area contributed by atoms with Gasteiger partial charge < -0.3 is 15.3 Å². The molecule has 0 saturated carbocycles. The highest BCUT2D eigenvalue weighted by Gasteiger charge is 2.14. The minimum absolute atomic E-state index is 0.0277. The zero-order chi connectivity index (χ0) is 17.4. The third-order valence-corrected chi connectivity index (χ3v) is 4.06. The maximum atomic E-state index is 11.3. The number of imidazole rings is 1. The number of nitro groups is 1. The highest BCUT2D eigenvalue weighted by atomic mass is 16.6. The number of hydrogen-bond acceptors (Lipinski definition) is 5. The summed E-state index contributed by atoms with van der Waals surface area (Å²) in [7, 11) is 0. The van der Waals surface area contributed by atoms with Crippen LogP contribution in [0.15, 0.2) is 53.6 Å². The maximum Gasteiger partial charge on any atom is 0.323 e. The molecule has 0 aliphatic heterocycles. The van der Waals surface area contributed by atoms with Gasteiger partial charge in [-0.15, -0.1) is 0 Å². The monoisotopic (exact) mass is 335 g/mol. The van der Waals surface area contributed by atoms with Crippen molar-refractivity contribution < 1.29 is 4.92 Å². The lowest BCUT2D eigenvalue weighted by atomic mass is 10.1. The average molecular weight is 335 g/mol. The first-order valence-corrected chi connectivity index (χ1v) is 7.58. The molecule has 2 heterocycles. The number of H-pyrrole nitrogens is 2. The van der Waals surface area contributed by atoms with E-state index in [1.807, 2.05) is 18.2 Å². The Morgan fingerprint density at radius 3 is 2.76 bits per heavy atom. The molecule has 124 valence electrons. The van der Waals surface area contributed by atoms with Crippen LogP contribution in [0.2, 0.25) is 0 Å². The minimum Gasteiger partial charge on any atom is -0.380 e. The molecular weight excluding hydrogens is 322 g/mol. The smallest absolute Gasteiger partial charge is 0.323 e. The van der Waals surface area contributed by atoms with Gasteiger partial charge in [-0.05, 0) is 29.8 Å². The lowest BCUT2D eigenvalue weighted by molar-refractivity contribution is -0.383. The van der Waals surface area contributed by atoms with E-state index in [1.165, 1.54) is 12.3 Å². The van der Waals surface area contributed by atoms with Gasteiger partial charge in [0.25, 0.3) is 5.69 Å². The molecule has 0 amide bonds. The van der Waals surface area contributed by atoms with E-state index in [9.17, 15) is 14.9 Å². The molecule has 0 radical (unpaired) electrons. The molecule has 0 atom stereocenters. The summed E-state index contributed by atoms with van der Waals surface area (Å²) in [5, 5.41) is 15.7. The lowest BCUT2D eigenvalue weighted by Crippen LogP contribution is -2.01. The van der Waals surface area contributed by atoms with Crippen molar-refractivity contribution in [2.45, 2.75) is 6.54 Å². The van der Waals surface area contributed by atoms with Crippen molar-refractivity contribution in [3.63, 3.8) is 0 Å². The SMILES string of the molecule is O=c1[nH]c2ccc(CNc3ccc([N+](=O)[O-])c4cnccc34)cc2[nH]1. The Labute approximate surface area is 140 Å². The van der Waals surface area contributed by atoms with Crippen LogP contribution in [-0.4, -0.2) is 19.9 Å². The molecule has 0 fully saturated rings. The molecule has 0 saturated heterocycles. The first kappa shape index (κ1) is 14.9. The standard InChI is InChI=1S/C17H13N5O3/c23-17-20-14-2-1-10(7-15(14)21-17)8-19-13-3-4-16(22(24)25)12-9-18-6-5-11(12)13/h1-7,9,19H,8H2,(H2,20,21,23). The Balaban J connectivity index is 1.67. The number of anilines is 1. The van der Waals surface area contributed by atoms with Gasteiger partial charge in [0.2, 0.25) is 0 Å². The van der Waals surface area contributed by atoms with Crippen molar-refractivity contribution in [1.82, 2.24) is 15.0 Å². The van der Waals surface area contributed by atoms with Crippen molar-refractivity contribution in [3.8, 4) is 0 Å². The summed E-state index contributed by atoms with van der Waals surface area (Å²) in [5.74, 6) is 0. The van der Waals surface area contributed by atoms with Crippen LogP contribution in [0.5, 0.6) is 0 Å². The van der Waals surface area contributed by atoms with Gasteiger partial charge in [-0.1, -0.05) is 6.07 Å². The molecule has 0 spiro atoms. The first-order valence-electron chi connectivity index (χ1n) is 7.58. The second kappa shape index (κ2) is 5.75. The molecule has 2 aromatic heterocycles. The van der Waals surface area contributed by atoms with Gasteiger partial charge in [-0.2, -0.15) is 0 Å². The number of non-ortho nitro benzene ring substituents is 1. The van der Waals surface area contributed by atoms with Crippen LogP contribution >= 0.6 is 0 Å². The lowest BCUT2D eigenvalue weighted by Gasteiger charge is -2.10. The summed E-state index contributed by atoms with van der Waals surface area (Å²) < 4.78 is 0. The van der Waals surface area contributed by atoms with Crippen molar-refractivity contribution >= 4 is 33.2 Å². The number of rotatable bonds is 4. The van der Waals surface area contributed by atoms with E-state index in [2.05, 4.69) is 20.3 Å². The van der Waals surface area contributed by atoms with Crippen molar-refractivity contribution in [2.75, 3.05) is 5.32 Å². The maximum absolute atomic E-state index is 11.3. The number of benzene rings is 2. The largest absolute Gasteiger partial charge is 0.380 e. The summed E-state index contributed by atoms with van der Waals surface area (Å²) in [4.78, 5) is 31.5. The molecule has 0 unspecified atom stereocenters. The summed E-state index contributed by atoms with van der Waals surface area (Å²) in [5.41, 5.74) is 3.03. The fourth-order valence-electron chi connectivity index (χ4n) is 2.88. The normalized spacial score (nSPS) is 11.0. The van der Waals surface area contributed by atoms with E-state index >= 15 is 0 Å². The Morgan fingerprint density at radius 1 is 1.08 bits per heavy atom. The molecule has 8 heteroatoms. The quantitative estimate of drug-likeness (QED) is 0.391. The molecular formula is C17H13N5O3. The predicted octanol–water partition coefficient (Wildman–Crippen LogP) is 2.92. The molecule has 0 aliphatic carbocycles. The van der Waals surface area contributed by atoms with Crippen molar-refractivity contribution in [2.24, 2.45) is 0 Å². The summed E-state index contributed by atoms with van der Waals surface area (Å²) in [6, 6.07) is 10.5. The van der Waals surface area contributed by atoms with E-state index in [4.69, 9.17) is 0 Å². The third kappa shape index (κ3) is 2.69. The third-order valence-electron chi connectivity index (χ3n) is 4.06. The molecule has 8 nitrogen and oxygen atoms in total. The number of aromatic nitrogens is 3. The Kier molecular flexibility index (Phi) is 3.42. The van der Waals surface area contributed by atoms with E-state index in [0.717, 1.165) is 27.7 Å². The second-order valence-electron chi connectivity index (χ2n) is 5.62. The zero-order valence-corrected chi connectivity index (χ0v) is 12.9. The van der Waals surface area contributed by atoms with E-state index in [1.54, 1.807) is 18.3 Å². The average Bonchev–Trinajstić information content (AvgIpc) is 2.98. The van der Waals surface area contributed by atoms with Crippen LogP contribution in [0.25, 0.3) is 21.8 Å². The van der Waals surface area contributed by atoms with Crippen LogP contribution in [-0.2, 0) is 6.54 Å². The van der Waals surface area contributed by atoms with Crippen LogP contribution < -0.4 is 11.0 Å². The van der Waals surface area contributed by atoms with Crippen LogP contribution in [0, 0.1) is 10.1 Å². The zero-order valence-electron chi connectivity index (χ0n) is 12.9. The van der Waals surface area contributed by atoms with E-state index < -0.39 is 4.92 Å². The number of nitro benzene ring substituents is 1. The molecule has 0 aliphatic rings. The number of aromatic amines is 2. The van der Waals surface area contributed by atoms with Crippen molar-refractivity contribution in [1.29, 1.82) is 0 Å². The summed E-state index contributed by atoms with van der Waals surface area (Å²) >= 11 is 0. The summed E-state index contributed by atoms with van der Waals surface area (Å²) in [6.07, 6.45) is 3.10. The molecule has 25 heavy (non-hydrogen) atoms. The molecule has 4 rings (SSSR count). The van der Waals surface area contributed by atoms with Gasteiger partial charge >= 0.3 is 5.69 Å². The topological polar surface area (TPSA) is 117 Å². The molecule has 4 aromatic rings. The van der Waals surface area contributed by atoms with Gasteiger partial charge in [0, 0.05) is 36.1 Å². The van der Waals surface area contributed by atoms with Gasteiger partial charge in [0.15, 0.2) is 0 Å². The number of hydrogen-bond donors (Lipinski definition) is 3. The number of pyridine rings is 1. The fraction of sp³-hybridized carbons (Fsp3) is 0.0588. The molecule has 0 bridgehead atoms. The van der Waals surface area contributed by atoms with Crippen LogP contribution in [0.4, 0.5) is 11.4 Å². The molecule has 3 N–H and O–H groups in total. The van der Waals surface area contributed by atoms with Gasteiger partial charge in [-0.3, -0.25) is 15.1 Å². The van der Waals surface area contributed by atoms with E-state index in [-0.39, 0.29) is 11.4 Å². The second-order valence-corrected chi connectivity index (χ2v) is 5.62. The van der Waals surface area contributed by atoms with Gasteiger partial charge in [-0.25, -0.2) is 4.79 Å². The minimum atomic E-state index is -0.413. The number of nitrogens with zero attached hydrogens (tertiary/aromatic N) is 2. The van der Waals surface area contributed by atoms with Crippen molar-refractivity contribution in [3.05, 3.63) is 75.0 Å². The highest BCUT2D eigenvalue weighted by Crippen LogP contribution is 2.31. The predicted molar refractivity (Wildman–Crippen MR) is 94.6 cm³/mol. The van der Waals surface area contributed by atoms with Crippen LogP contribution in [0.1, 0.15) is 5.56 Å². The van der Waals surface area contributed by atoms with Crippen LogP contribution in [0.3, 0.4) is 0 Å². The number of nitrogens with one attached hydrogen (secondary N) is 3. The van der Waals surface area contributed by atoms with E-state index in [0.29, 0.717) is 11.9 Å². The fourth-order valence-corrected chi connectivity index (χ4v) is 2.88. The molecule has 2 aromatic carbocycles.